The van der Waals surface area contributed by atoms with Crippen molar-refractivity contribution in [2.45, 2.75) is 6.54 Å². The second-order valence-corrected chi connectivity index (χ2v) is 4.03. The lowest BCUT2D eigenvalue weighted by Gasteiger charge is -2.07. The van der Waals surface area contributed by atoms with Gasteiger partial charge in [0, 0.05) is 24.4 Å². The van der Waals surface area contributed by atoms with E-state index in [1.807, 2.05) is 0 Å². The van der Waals surface area contributed by atoms with Crippen molar-refractivity contribution >= 4 is 11.4 Å². The topological polar surface area (TPSA) is 55.2 Å². The van der Waals surface area contributed by atoms with Crippen molar-refractivity contribution in [3.63, 3.8) is 0 Å². The smallest absolute Gasteiger partial charge is 0.304 e. The summed E-state index contributed by atoms with van der Waals surface area (Å²) in [4.78, 5) is 9.64. The summed E-state index contributed by atoms with van der Waals surface area (Å²) in [5.74, 6) is -2.90. The Morgan fingerprint density at radius 2 is 1.75 bits per heavy atom. The molecule has 0 saturated heterocycles. The van der Waals surface area contributed by atoms with Crippen molar-refractivity contribution in [2.24, 2.45) is 0 Å². The van der Waals surface area contributed by atoms with E-state index in [2.05, 4.69) is 5.32 Å². The Morgan fingerprint density at radius 1 is 1.00 bits per heavy atom. The maximum absolute atomic E-state index is 13.4. The van der Waals surface area contributed by atoms with Gasteiger partial charge >= 0.3 is 5.69 Å². The van der Waals surface area contributed by atoms with Gasteiger partial charge in [0.05, 0.1) is 4.92 Å². The SMILES string of the molecule is O=[N+]([O-])c1ccc(CNc2ccc(F)c(F)c2)cc1F. The van der Waals surface area contributed by atoms with Gasteiger partial charge in [0.15, 0.2) is 11.6 Å². The van der Waals surface area contributed by atoms with Gasteiger partial charge in [-0.1, -0.05) is 6.07 Å². The standard InChI is InChI=1S/C13H9F3N2O2/c14-10-3-2-9(6-11(10)15)17-7-8-1-4-13(18(19)20)12(16)5-8/h1-6,17H,7H2. The third kappa shape index (κ3) is 3.05. The lowest BCUT2D eigenvalue weighted by atomic mass is 10.2. The highest BCUT2D eigenvalue weighted by molar-refractivity contribution is 5.45. The molecule has 0 aromatic heterocycles. The molecule has 0 atom stereocenters. The number of anilines is 1. The summed E-state index contributed by atoms with van der Waals surface area (Å²) >= 11 is 0. The number of hydrogen-bond acceptors (Lipinski definition) is 3. The summed E-state index contributed by atoms with van der Waals surface area (Å²) in [6, 6.07) is 6.72. The maximum atomic E-state index is 13.4. The lowest BCUT2D eigenvalue weighted by molar-refractivity contribution is -0.387. The number of nitro benzene ring substituents is 1. The molecule has 0 spiro atoms. The number of halogens is 3. The fourth-order valence-corrected chi connectivity index (χ4v) is 1.62. The fraction of sp³-hybridized carbons (Fsp3) is 0.0769. The molecule has 0 aliphatic rings. The quantitative estimate of drug-likeness (QED) is 0.688. The first kappa shape index (κ1) is 13.9. The normalized spacial score (nSPS) is 10.3. The van der Waals surface area contributed by atoms with Crippen molar-refractivity contribution < 1.29 is 18.1 Å². The number of hydrogen-bond donors (Lipinski definition) is 1. The first-order chi connectivity index (χ1) is 9.47. The summed E-state index contributed by atoms with van der Waals surface area (Å²) in [5.41, 5.74) is 0.155. The Labute approximate surface area is 112 Å². The van der Waals surface area contributed by atoms with Gasteiger partial charge in [-0.2, -0.15) is 4.39 Å². The van der Waals surface area contributed by atoms with Crippen LogP contribution in [-0.4, -0.2) is 4.92 Å². The van der Waals surface area contributed by atoms with Gasteiger partial charge in [-0.25, -0.2) is 8.78 Å². The molecule has 0 heterocycles. The molecular formula is C13H9F3N2O2. The minimum absolute atomic E-state index is 0.125. The molecule has 1 N–H and O–H groups in total. The molecule has 0 bridgehead atoms. The van der Waals surface area contributed by atoms with E-state index >= 15 is 0 Å². The van der Waals surface area contributed by atoms with Crippen LogP contribution in [0.1, 0.15) is 5.56 Å². The molecule has 104 valence electrons. The highest BCUT2D eigenvalue weighted by atomic mass is 19.2. The van der Waals surface area contributed by atoms with Crippen LogP contribution in [0.2, 0.25) is 0 Å². The van der Waals surface area contributed by atoms with Crippen LogP contribution < -0.4 is 5.32 Å². The second kappa shape index (κ2) is 5.60. The van der Waals surface area contributed by atoms with Gasteiger partial charge < -0.3 is 5.32 Å². The molecule has 7 heteroatoms. The molecule has 2 aromatic rings. The van der Waals surface area contributed by atoms with Gasteiger partial charge in [-0.15, -0.1) is 0 Å². The zero-order chi connectivity index (χ0) is 14.7. The molecule has 4 nitrogen and oxygen atoms in total. The first-order valence-corrected chi connectivity index (χ1v) is 5.59. The Balaban J connectivity index is 2.09. The average Bonchev–Trinajstić information content (AvgIpc) is 2.40. The Hall–Kier alpha value is -2.57. The Kier molecular flexibility index (Phi) is 3.88. The Morgan fingerprint density at radius 3 is 2.35 bits per heavy atom. The monoisotopic (exact) mass is 282 g/mol. The van der Waals surface area contributed by atoms with Gasteiger partial charge in [-0.3, -0.25) is 10.1 Å². The van der Waals surface area contributed by atoms with Crippen molar-refractivity contribution in [3.8, 4) is 0 Å². The number of nitrogens with one attached hydrogen (secondary N) is 1. The molecule has 0 aliphatic carbocycles. The molecule has 0 aliphatic heterocycles. The van der Waals surface area contributed by atoms with Crippen LogP contribution in [0.5, 0.6) is 0 Å². The van der Waals surface area contributed by atoms with E-state index in [-0.39, 0.29) is 6.54 Å². The van der Waals surface area contributed by atoms with E-state index in [1.165, 1.54) is 12.1 Å². The van der Waals surface area contributed by atoms with Crippen LogP contribution in [-0.2, 0) is 6.54 Å². The van der Waals surface area contributed by atoms with Crippen LogP contribution >= 0.6 is 0 Å². The number of rotatable bonds is 4. The van der Waals surface area contributed by atoms with Gasteiger partial charge in [-0.05, 0) is 23.8 Å². The predicted molar refractivity (Wildman–Crippen MR) is 66.7 cm³/mol. The molecule has 0 saturated carbocycles. The summed E-state index contributed by atoms with van der Waals surface area (Å²) in [6.45, 7) is 0.125. The molecule has 2 aromatic carbocycles. The third-order valence-corrected chi connectivity index (χ3v) is 2.63. The van der Waals surface area contributed by atoms with Crippen LogP contribution in [0.4, 0.5) is 24.5 Å². The van der Waals surface area contributed by atoms with Crippen molar-refractivity contribution in [3.05, 3.63) is 69.5 Å². The predicted octanol–water partition coefficient (Wildman–Crippen LogP) is 3.62. The van der Waals surface area contributed by atoms with E-state index in [0.717, 1.165) is 24.3 Å². The average molecular weight is 282 g/mol. The van der Waals surface area contributed by atoms with Gasteiger partial charge in [0.2, 0.25) is 5.82 Å². The van der Waals surface area contributed by atoms with E-state index in [4.69, 9.17) is 0 Å². The molecule has 0 fully saturated rings. The van der Waals surface area contributed by atoms with Crippen molar-refractivity contribution in [2.75, 3.05) is 5.32 Å². The molecule has 20 heavy (non-hydrogen) atoms. The minimum Gasteiger partial charge on any atom is -0.381 e. The highest BCUT2D eigenvalue weighted by Gasteiger charge is 2.13. The van der Waals surface area contributed by atoms with Crippen LogP contribution in [0.3, 0.4) is 0 Å². The summed E-state index contributed by atoms with van der Waals surface area (Å²) < 4.78 is 39.0. The highest BCUT2D eigenvalue weighted by Crippen LogP contribution is 2.19. The molecule has 0 amide bonds. The van der Waals surface area contributed by atoms with E-state index in [9.17, 15) is 23.3 Å². The largest absolute Gasteiger partial charge is 0.381 e. The number of benzene rings is 2. The van der Waals surface area contributed by atoms with E-state index in [0.29, 0.717) is 11.3 Å². The first-order valence-electron chi connectivity index (χ1n) is 5.59. The van der Waals surface area contributed by atoms with Crippen molar-refractivity contribution in [1.29, 1.82) is 0 Å². The third-order valence-electron chi connectivity index (χ3n) is 2.63. The van der Waals surface area contributed by atoms with E-state index < -0.39 is 28.1 Å². The minimum atomic E-state index is -0.995. The lowest BCUT2D eigenvalue weighted by Crippen LogP contribution is -2.02. The number of nitro groups is 1. The summed E-state index contributed by atoms with van der Waals surface area (Å²) in [7, 11) is 0. The summed E-state index contributed by atoms with van der Waals surface area (Å²) in [6.07, 6.45) is 0. The zero-order valence-corrected chi connectivity index (χ0v) is 10.1. The second-order valence-electron chi connectivity index (χ2n) is 4.03. The van der Waals surface area contributed by atoms with Crippen LogP contribution in [0, 0.1) is 27.6 Å². The fourth-order valence-electron chi connectivity index (χ4n) is 1.62. The Bertz CT molecular complexity index is 662. The molecule has 2 rings (SSSR count). The molecular weight excluding hydrogens is 273 g/mol. The van der Waals surface area contributed by atoms with E-state index in [1.54, 1.807) is 0 Å². The van der Waals surface area contributed by atoms with Crippen molar-refractivity contribution in [1.82, 2.24) is 0 Å². The van der Waals surface area contributed by atoms with Gasteiger partial charge in [0.1, 0.15) is 0 Å². The number of nitrogens with zero attached hydrogens (tertiary/aromatic N) is 1. The molecule has 0 radical (unpaired) electrons. The zero-order valence-electron chi connectivity index (χ0n) is 10.1. The molecule has 0 unspecified atom stereocenters. The van der Waals surface area contributed by atoms with Crippen LogP contribution in [0.15, 0.2) is 36.4 Å². The van der Waals surface area contributed by atoms with Crippen LogP contribution in [0.25, 0.3) is 0 Å². The maximum Gasteiger partial charge on any atom is 0.304 e. The summed E-state index contributed by atoms with van der Waals surface area (Å²) in [5, 5.41) is 13.2. The van der Waals surface area contributed by atoms with Gasteiger partial charge in [0.25, 0.3) is 0 Å².